The third-order valence-corrected chi connectivity index (χ3v) is 4.91. The van der Waals surface area contributed by atoms with E-state index in [9.17, 15) is 4.79 Å². The fraction of sp³-hybridized carbons (Fsp3) is 0.368. The molecule has 1 amide bonds. The van der Waals surface area contributed by atoms with Crippen LogP contribution in [-0.2, 0) is 16.1 Å². The Morgan fingerprint density at radius 1 is 1.17 bits per heavy atom. The summed E-state index contributed by atoms with van der Waals surface area (Å²) in [6.45, 7) is 2.44. The number of pyridine rings is 1. The first-order chi connectivity index (χ1) is 11.8. The normalized spacial score (nSPS) is 27.3. The van der Waals surface area contributed by atoms with E-state index in [0.717, 1.165) is 18.8 Å². The maximum absolute atomic E-state index is 11.8. The Morgan fingerprint density at radius 2 is 2.00 bits per heavy atom. The molecule has 0 saturated carbocycles. The highest BCUT2D eigenvalue weighted by atomic mass is 16.5. The standard InChI is InChI=1S/C19H21N3O2/c23-18-13-24-19-16(14-6-2-1-3-7-14)12-22(17(19)10-21-18)11-15-8-4-5-9-20-15/h1-9,16-17,19H,10-13H2,(H,21,23)/t16-,17-,19-/m1/s1. The Kier molecular flexibility index (Phi) is 4.28. The third-order valence-electron chi connectivity index (χ3n) is 4.91. The van der Waals surface area contributed by atoms with Crippen molar-refractivity contribution >= 4 is 5.91 Å². The predicted molar refractivity (Wildman–Crippen MR) is 90.4 cm³/mol. The van der Waals surface area contributed by atoms with Gasteiger partial charge in [0, 0.05) is 31.7 Å². The van der Waals surface area contributed by atoms with E-state index in [1.807, 2.05) is 30.5 Å². The molecule has 2 fully saturated rings. The van der Waals surface area contributed by atoms with E-state index in [0.29, 0.717) is 6.54 Å². The van der Waals surface area contributed by atoms with Gasteiger partial charge in [-0.25, -0.2) is 0 Å². The van der Waals surface area contributed by atoms with E-state index in [4.69, 9.17) is 4.74 Å². The number of hydrogen-bond acceptors (Lipinski definition) is 4. The van der Waals surface area contributed by atoms with Gasteiger partial charge in [-0.05, 0) is 17.7 Å². The van der Waals surface area contributed by atoms with Crippen LogP contribution in [-0.4, -0.2) is 47.6 Å². The van der Waals surface area contributed by atoms with Crippen LogP contribution in [0.3, 0.4) is 0 Å². The van der Waals surface area contributed by atoms with Crippen molar-refractivity contribution in [3.05, 3.63) is 66.0 Å². The molecule has 0 bridgehead atoms. The Labute approximate surface area is 141 Å². The number of carbonyl (C=O) groups excluding carboxylic acids is 1. The summed E-state index contributed by atoms with van der Waals surface area (Å²) in [6.07, 6.45) is 1.85. The summed E-state index contributed by atoms with van der Waals surface area (Å²) >= 11 is 0. The number of amides is 1. The molecule has 4 rings (SSSR count). The highest BCUT2D eigenvalue weighted by Crippen LogP contribution is 2.35. The third kappa shape index (κ3) is 3.05. The van der Waals surface area contributed by atoms with E-state index in [1.54, 1.807) is 0 Å². The summed E-state index contributed by atoms with van der Waals surface area (Å²) in [5.41, 5.74) is 2.31. The summed E-state index contributed by atoms with van der Waals surface area (Å²) in [5.74, 6) is 0.238. The first-order valence-electron chi connectivity index (χ1n) is 8.38. The zero-order valence-corrected chi connectivity index (χ0v) is 13.5. The molecule has 124 valence electrons. The van der Waals surface area contributed by atoms with Crippen LogP contribution in [0.4, 0.5) is 0 Å². The predicted octanol–water partition coefficient (Wildman–Crippen LogP) is 1.56. The number of carbonyl (C=O) groups is 1. The highest BCUT2D eigenvalue weighted by Gasteiger charge is 2.44. The number of hydrogen-bond donors (Lipinski definition) is 1. The molecule has 0 spiro atoms. The molecule has 2 aromatic rings. The second-order valence-corrected chi connectivity index (χ2v) is 6.41. The van der Waals surface area contributed by atoms with E-state index >= 15 is 0 Å². The second kappa shape index (κ2) is 6.71. The molecule has 1 N–H and O–H groups in total. The van der Waals surface area contributed by atoms with Crippen LogP contribution >= 0.6 is 0 Å². The van der Waals surface area contributed by atoms with Crippen molar-refractivity contribution in [3.8, 4) is 0 Å². The number of rotatable bonds is 3. The van der Waals surface area contributed by atoms with Gasteiger partial charge in [-0.1, -0.05) is 36.4 Å². The number of nitrogens with zero attached hydrogens (tertiary/aromatic N) is 2. The van der Waals surface area contributed by atoms with Gasteiger partial charge in [0.05, 0.1) is 17.8 Å². The van der Waals surface area contributed by atoms with Gasteiger partial charge in [-0.15, -0.1) is 0 Å². The van der Waals surface area contributed by atoms with Crippen molar-refractivity contribution in [3.63, 3.8) is 0 Å². The summed E-state index contributed by atoms with van der Waals surface area (Å²) < 4.78 is 6.00. The van der Waals surface area contributed by atoms with Crippen molar-refractivity contribution in [1.29, 1.82) is 0 Å². The van der Waals surface area contributed by atoms with Crippen LogP contribution in [0.1, 0.15) is 17.2 Å². The molecule has 5 heteroatoms. The lowest BCUT2D eigenvalue weighted by Crippen LogP contribution is -2.42. The number of ether oxygens (including phenoxy) is 1. The molecule has 3 heterocycles. The molecule has 0 radical (unpaired) electrons. The Hall–Kier alpha value is -2.24. The molecule has 1 aromatic heterocycles. The van der Waals surface area contributed by atoms with Crippen LogP contribution < -0.4 is 5.32 Å². The molecule has 0 unspecified atom stereocenters. The molecule has 5 nitrogen and oxygen atoms in total. The summed E-state index contributed by atoms with van der Waals surface area (Å²) in [4.78, 5) is 18.6. The molecule has 0 aliphatic carbocycles. The Morgan fingerprint density at radius 3 is 2.79 bits per heavy atom. The molecule has 3 atom stereocenters. The maximum Gasteiger partial charge on any atom is 0.246 e. The van der Waals surface area contributed by atoms with Crippen molar-refractivity contribution < 1.29 is 9.53 Å². The number of likely N-dealkylation sites (tertiary alicyclic amines) is 1. The van der Waals surface area contributed by atoms with Crippen molar-refractivity contribution in [2.45, 2.75) is 24.6 Å². The van der Waals surface area contributed by atoms with Crippen LogP contribution in [0.25, 0.3) is 0 Å². The number of fused-ring (bicyclic) bond motifs is 1. The number of nitrogens with one attached hydrogen (secondary N) is 1. The first kappa shape index (κ1) is 15.3. The molecule has 2 saturated heterocycles. The summed E-state index contributed by atoms with van der Waals surface area (Å²) in [5, 5.41) is 2.98. The Bertz CT molecular complexity index is 692. The van der Waals surface area contributed by atoms with Crippen LogP contribution in [0, 0.1) is 0 Å². The lowest BCUT2D eigenvalue weighted by atomic mass is 9.93. The molecule has 24 heavy (non-hydrogen) atoms. The van der Waals surface area contributed by atoms with E-state index in [2.05, 4.69) is 39.5 Å². The number of benzene rings is 1. The quantitative estimate of drug-likeness (QED) is 0.931. The van der Waals surface area contributed by atoms with Gasteiger partial charge in [0.25, 0.3) is 0 Å². The minimum Gasteiger partial charge on any atom is -0.366 e. The minimum absolute atomic E-state index is 0.0232. The fourth-order valence-corrected chi connectivity index (χ4v) is 3.76. The van der Waals surface area contributed by atoms with Gasteiger partial charge >= 0.3 is 0 Å². The van der Waals surface area contributed by atoms with Gasteiger partial charge in [0.1, 0.15) is 6.61 Å². The lowest BCUT2D eigenvalue weighted by molar-refractivity contribution is -0.125. The average molecular weight is 323 g/mol. The topological polar surface area (TPSA) is 54.5 Å². The van der Waals surface area contributed by atoms with Crippen molar-refractivity contribution in [1.82, 2.24) is 15.2 Å². The fourth-order valence-electron chi connectivity index (χ4n) is 3.76. The van der Waals surface area contributed by atoms with Gasteiger partial charge in [-0.3, -0.25) is 14.7 Å². The zero-order valence-electron chi connectivity index (χ0n) is 13.5. The maximum atomic E-state index is 11.8. The van der Waals surface area contributed by atoms with Crippen LogP contribution in [0.5, 0.6) is 0 Å². The SMILES string of the molecule is O=C1CO[C@@H]2[C@@H](c3ccccc3)CN(Cc3ccccn3)[C@@H]2CN1. The van der Waals surface area contributed by atoms with E-state index in [1.165, 1.54) is 5.56 Å². The van der Waals surface area contributed by atoms with E-state index in [-0.39, 0.29) is 30.6 Å². The average Bonchev–Trinajstić information content (AvgIpc) is 2.85. The first-order valence-corrected chi connectivity index (χ1v) is 8.38. The minimum atomic E-state index is -0.0333. The lowest BCUT2D eigenvalue weighted by Gasteiger charge is -2.25. The van der Waals surface area contributed by atoms with Crippen molar-refractivity contribution in [2.24, 2.45) is 0 Å². The Balaban J connectivity index is 1.61. The molecule has 1 aromatic carbocycles. The summed E-state index contributed by atoms with van der Waals surface area (Å²) in [6, 6.07) is 16.6. The van der Waals surface area contributed by atoms with E-state index < -0.39 is 0 Å². The smallest absolute Gasteiger partial charge is 0.246 e. The van der Waals surface area contributed by atoms with Gasteiger partial charge in [0.2, 0.25) is 5.91 Å². The zero-order chi connectivity index (χ0) is 16.4. The highest BCUT2D eigenvalue weighted by molar-refractivity contribution is 5.77. The second-order valence-electron chi connectivity index (χ2n) is 6.41. The summed E-state index contributed by atoms with van der Waals surface area (Å²) in [7, 11) is 0. The monoisotopic (exact) mass is 323 g/mol. The van der Waals surface area contributed by atoms with Crippen LogP contribution in [0.15, 0.2) is 54.7 Å². The van der Waals surface area contributed by atoms with Gasteiger partial charge in [0.15, 0.2) is 0 Å². The van der Waals surface area contributed by atoms with Crippen molar-refractivity contribution in [2.75, 3.05) is 19.7 Å². The van der Waals surface area contributed by atoms with Gasteiger partial charge < -0.3 is 10.1 Å². The van der Waals surface area contributed by atoms with Crippen LogP contribution in [0.2, 0.25) is 0 Å². The largest absolute Gasteiger partial charge is 0.366 e. The molecular formula is C19H21N3O2. The van der Waals surface area contributed by atoms with Gasteiger partial charge in [-0.2, -0.15) is 0 Å². The number of aromatic nitrogens is 1. The molecule has 2 aliphatic rings. The molecule has 2 aliphatic heterocycles. The molecular weight excluding hydrogens is 302 g/mol.